The summed E-state index contributed by atoms with van der Waals surface area (Å²) < 4.78 is 0. The summed E-state index contributed by atoms with van der Waals surface area (Å²) in [5.41, 5.74) is 9.50. The lowest BCUT2D eigenvalue weighted by Gasteiger charge is -2.27. The average molecular weight is 276 g/mol. The van der Waals surface area contributed by atoms with E-state index < -0.39 is 0 Å². The van der Waals surface area contributed by atoms with Crippen molar-refractivity contribution in [3.05, 3.63) is 63.8 Å². The largest absolute Gasteiger partial charge is 0.295 e. The van der Waals surface area contributed by atoms with Gasteiger partial charge in [-0.1, -0.05) is 35.9 Å². The molecule has 3 aliphatic rings. The van der Waals surface area contributed by atoms with E-state index in [0.717, 1.165) is 44.1 Å². The van der Waals surface area contributed by atoms with Gasteiger partial charge in [0.2, 0.25) is 0 Å². The monoisotopic (exact) mass is 276 g/mol. The Morgan fingerprint density at radius 1 is 0.905 bits per heavy atom. The summed E-state index contributed by atoms with van der Waals surface area (Å²) in [5.74, 6) is 0.372. The molecular weight excluding hydrogens is 256 g/mol. The summed E-state index contributed by atoms with van der Waals surface area (Å²) in [4.78, 5) is 12.4. The molecule has 106 valence electrons. The molecule has 1 nitrogen and oxygen atoms in total. The van der Waals surface area contributed by atoms with E-state index in [1.54, 1.807) is 0 Å². The van der Waals surface area contributed by atoms with Crippen LogP contribution in [0.15, 0.2) is 52.6 Å². The van der Waals surface area contributed by atoms with Crippen LogP contribution >= 0.6 is 0 Å². The van der Waals surface area contributed by atoms with E-state index in [1.807, 2.05) is 0 Å². The molecule has 0 heterocycles. The van der Waals surface area contributed by atoms with Crippen molar-refractivity contribution in [1.82, 2.24) is 0 Å². The third-order valence-corrected chi connectivity index (χ3v) is 5.15. The molecule has 0 fully saturated rings. The van der Waals surface area contributed by atoms with Gasteiger partial charge in [-0.05, 0) is 66.9 Å². The number of hydrogen-bond acceptors (Lipinski definition) is 1. The summed E-state index contributed by atoms with van der Waals surface area (Å²) in [6.07, 6.45) is 8.14. The molecule has 4 rings (SSSR count). The van der Waals surface area contributed by atoms with Crippen LogP contribution in [0.2, 0.25) is 0 Å². The van der Waals surface area contributed by atoms with E-state index in [9.17, 15) is 4.79 Å². The van der Waals surface area contributed by atoms with Crippen LogP contribution in [0, 0.1) is 0 Å². The predicted octanol–water partition coefficient (Wildman–Crippen LogP) is 4.79. The lowest BCUT2D eigenvalue weighted by Crippen LogP contribution is -2.14. The van der Waals surface area contributed by atoms with Gasteiger partial charge in [0.1, 0.15) is 0 Å². The minimum absolute atomic E-state index is 0.372. The second-order valence-corrected chi connectivity index (χ2v) is 6.34. The summed E-state index contributed by atoms with van der Waals surface area (Å²) in [6, 6.07) is 8.74. The molecule has 1 aromatic rings. The quantitative estimate of drug-likeness (QED) is 0.666. The summed E-state index contributed by atoms with van der Waals surface area (Å²) >= 11 is 0. The molecule has 1 aromatic carbocycles. The Morgan fingerprint density at radius 3 is 2.67 bits per heavy atom. The number of aryl methyl sites for hydroxylation is 1. The number of Topliss-reactive ketones (excluding diaryl/α,β-unsaturated/α-hetero) is 1. The number of ketones is 1. The van der Waals surface area contributed by atoms with E-state index in [4.69, 9.17) is 0 Å². The van der Waals surface area contributed by atoms with Crippen molar-refractivity contribution < 1.29 is 4.79 Å². The maximum atomic E-state index is 12.4. The molecule has 0 radical (unpaired) electrons. The van der Waals surface area contributed by atoms with Crippen LogP contribution < -0.4 is 0 Å². The number of fused-ring (bicyclic) bond motifs is 3. The second kappa shape index (κ2) is 4.84. The molecule has 0 unspecified atom stereocenters. The first-order chi connectivity index (χ1) is 10.3. The van der Waals surface area contributed by atoms with Crippen molar-refractivity contribution >= 4 is 11.4 Å². The standard InChI is InChI=1S/C20H20O/c1-13-9-11-17-18(7-4-8-19(17)21)20-15(13)12-10-14-5-2-3-6-16(14)20/h2-3,5-6,9H,4,7-8,10-12H2,1H3. The molecule has 3 aliphatic carbocycles. The van der Waals surface area contributed by atoms with E-state index in [2.05, 4.69) is 37.3 Å². The lowest BCUT2D eigenvalue weighted by atomic mass is 9.76. The predicted molar refractivity (Wildman–Crippen MR) is 85.9 cm³/mol. The zero-order valence-electron chi connectivity index (χ0n) is 12.5. The number of hydrogen-bond donors (Lipinski definition) is 0. The highest BCUT2D eigenvalue weighted by Gasteiger charge is 2.29. The third-order valence-electron chi connectivity index (χ3n) is 5.15. The van der Waals surface area contributed by atoms with Crippen molar-refractivity contribution in [2.45, 2.75) is 45.4 Å². The van der Waals surface area contributed by atoms with Crippen LogP contribution in [-0.2, 0) is 11.2 Å². The molecule has 0 amide bonds. The fourth-order valence-corrected chi connectivity index (χ4v) is 4.06. The Kier molecular flexibility index (Phi) is 2.95. The molecule has 0 aliphatic heterocycles. The zero-order chi connectivity index (χ0) is 14.4. The van der Waals surface area contributed by atoms with Crippen LogP contribution in [0.3, 0.4) is 0 Å². The highest BCUT2D eigenvalue weighted by atomic mass is 16.1. The molecule has 0 saturated heterocycles. The van der Waals surface area contributed by atoms with Crippen LogP contribution in [0.4, 0.5) is 0 Å². The van der Waals surface area contributed by atoms with Gasteiger partial charge in [0, 0.05) is 12.0 Å². The molecule has 0 spiro atoms. The summed E-state index contributed by atoms with van der Waals surface area (Å²) in [5, 5.41) is 0. The Morgan fingerprint density at radius 2 is 1.76 bits per heavy atom. The molecular formula is C20H20O. The Hall–Kier alpha value is -1.89. The van der Waals surface area contributed by atoms with Gasteiger partial charge < -0.3 is 0 Å². The highest BCUT2D eigenvalue weighted by Crippen LogP contribution is 2.45. The highest BCUT2D eigenvalue weighted by molar-refractivity contribution is 6.03. The van der Waals surface area contributed by atoms with Gasteiger partial charge in [-0.3, -0.25) is 4.79 Å². The minimum atomic E-state index is 0.372. The van der Waals surface area contributed by atoms with Gasteiger partial charge in [0.15, 0.2) is 5.78 Å². The van der Waals surface area contributed by atoms with Crippen LogP contribution in [0.5, 0.6) is 0 Å². The summed E-state index contributed by atoms with van der Waals surface area (Å²) in [7, 11) is 0. The van der Waals surface area contributed by atoms with Gasteiger partial charge in [-0.15, -0.1) is 0 Å². The van der Waals surface area contributed by atoms with Crippen molar-refractivity contribution in [3.8, 4) is 0 Å². The number of carbonyl (C=O) groups excluding carboxylic acids is 1. The fourth-order valence-electron chi connectivity index (χ4n) is 4.06. The van der Waals surface area contributed by atoms with Crippen molar-refractivity contribution in [3.63, 3.8) is 0 Å². The molecule has 0 N–H and O–H groups in total. The van der Waals surface area contributed by atoms with Crippen molar-refractivity contribution in [2.75, 3.05) is 0 Å². The van der Waals surface area contributed by atoms with E-state index in [-0.39, 0.29) is 0 Å². The topological polar surface area (TPSA) is 17.1 Å². The number of rotatable bonds is 0. The minimum Gasteiger partial charge on any atom is -0.295 e. The molecule has 21 heavy (non-hydrogen) atoms. The zero-order valence-corrected chi connectivity index (χ0v) is 12.5. The SMILES string of the molecule is CC1=CCC2=C(CCCC2=O)C2=C1CCc1ccccc12. The molecule has 0 saturated carbocycles. The van der Waals surface area contributed by atoms with Crippen molar-refractivity contribution in [1.29, 1.82) is 0 Å². The van der Waals surface area contributed by atoms with Gasteiger partial charge in [-0.25, -0.2) is 0 Å². The van der Waals surface area contributed by atoms with Crippen LogP contribution in [0.1, 0.15) is 50.2 Å². The Bertz CT molecular complexity index is 728. The first kappa shape index (κ1) is 12.8. The fraction of sp³-hybridized carbons (Fsp3) is 0.350. The van der Waals surface area contributed by atoms with Crippen LogP contribution in [0.25, 0.3) is 5.57 Å². The lowest BCUT2D eigenvalue weighted by molar-refractivity contribution is -0.116. The van der Waals surface area contributed by atoms with Crippen molar-refractivity contribution in [2.24, 2.45) is 0 Å². The van der Waals surface area contributed by atoms with E-state index in [0.29, 0.717) is 5.78 Å². The number of carbonyl (C=O) groups is 1. The smallest absolute Gasteiger partial charge is 0.159 e. The van der Waals surface area contributed by atoms with Gasteiger partial charge in [0.05, 0.1) is 0 Å². The van der Waals surface area contributed by atoms with E-state index >= 15 is 0 Å². The first-order valence-electron chi connectivity index (χ1n) is 8.00. The maximum Gasteiger partial charge on any atom is 0.159 e. The maximum absolute atomic E-state index is 12.4. The molecule has 0 bridgehead atoms. The normalized spacial score (nSPS) is 21.4. The average Bonchev–Trinajstić information content (AvgIpc) is 2.66. The Balaban J connectivity index is 2.01. The molecule has 1 heteroatoms. The summed E-state index contributed by atoms with van der Waals surface area (Å²) in [6.45, 7) is 2.21. The van der Waals surface area contributed by atoms with Gasteiger partial charge in [-0.2, -0.15) is 0 Å². The first-order valence-corrected chi connectivity index (χ1v) is 8.00. The molecule has 0 aromatic heterocycles. The van der Waals surface area contributed by atoms with E-state index in [1.165, 1.54) is 33.4 Å². The third kappa shape index (κ3) is 1.95. The van der Waals surface area contributed by atoms with Gasteiger partial charge in [0.25, 0.3) is 0 Å². The Labute approximate surface area is 126 Å². The second-order valence-electron chi connectivity index (χ2n) is 6.34. The van der Waals surface area contributed by atoms with Crippen LogP contribution in [-0.4, -0.2) is 5.78 Å². The number of allylic oxidation sites excluding steroid dienone is 6. The van der Waals surface area contributed by atoms with Gasteiger partial charge >= 0.3 is 0 Å². The molecule has 0 atom stereocenters. The number of benzene rings is 1.